The number of pyridine rings is 1. The van der Waals surface area contributed by atoms with E-state index in [9.17, 15) is 4.79 Å². The second-order valence-corrected chi connectivity index (χ2v) is 5.82. The van der Waals surface area contributed by atoms with Gasteiger partial charge in [0.25, 0.3) is 5.91 Å². The smallest absolute Gasteiger partial charge is 0.252 e. The van der Waals surface area contributed by atoms with Crippen LogP contribution in [0.25, 0.3) is 21.9 Å². The molecule has 0 unspecified atom stereocenters. The van der Waals surface area contributed by atoms with Gasteiger partial charge in [-0.3, -0.25) is 9.78 Å². The van der Waals surface area contributed by atoms with E-state index in [2.05, 4.69) is 32.1 Å². The minimum Gasteiger partial charge on any atom is -0.481 e. The minimum atomic E-state index is -0.178. The summed E-state index contributed by atoms with van der Waals surface area (Å²) in [7, 11) is 0. The van der Waals surface area contributed by atoms with E-state index < -0.39 is 0 Å². The molecule has 0 spiro atoms. The summed E-state index contributed by atoms with van der Waals surface area (Å²) in [6.07, 6.45) is 3.35. The average Bonchev–Trinajstić information content (AvgIpc) is 3.18. The number of fused-ring (bicyclic) bond motifs is 2. The summed E-state index contributed by atoms with van der Waals surface area (Å²) in [6.45, 7) is 0.497. The quantitative estimate of drug-likeness (QED) is 0.551. The second kappa shape index (κ2) is 7.58. The third-order valence-electron chi connectivity index (χ3n) is 4.03. The predicted molar refractivity (Wildman–Crippen MR) is 103 cm³/mol. The number of H-pyrrole nitrogens is 1. The number of nitrogens with one attached hydrogen (secondary N) is 2. The number of carbonyl (C=O) groups excluding carboxylic acids is 1. The van der Waals surface area contributed by atoms with Gasteiger partial charge in [0.2, 0.25) is 0 Å². The SMILES string of the molecule is O=C(NCC#CCOc1ccc2cccnc2c1)c1ccc2nc[nH]c2c1. The zero-order chi connectivity index (χ0) is 18.5. The van der Waals surface area contributed by atoms with E-state index in [-0.39, 0.29) is 19.1 Å². The van der Waals surface area contributed by atoms with Crippen molar-refractivity contribution in [3.63, 3.8) is 0 Å². The fourth-order valence-electron chi connectivity index (χ4n) is 2.67. The van der Waals surface area contributed by atoms with E-state index in [1.165, 1.54) is 0 Å². The van der Waals surface area contributed by atoms with E-state index in [0.717, 1.165) is 21.9 Å². The van der Waals surface area contributed by atoms with Gasteiger partial charge < -0.3 is 15.0 Å². The molecule has 2 N–H and O–H groups in total. The number of hydrogen-bond acceptors (Lipinski definition) is 4. The number of carbonyl (C=O) groups is 1. The van der Waals surface area contributed by atoms with Gasteiger partial charge in [0.05, 0.1) is 29.4 Å². The minimum absolute atomic E-state index is 0.178. The van der Waals surface area contributed by atoms with E-state index in [0.29, 0.717) is 11.3 Å². The Balaban J connectivity index is 1.27. The fourth-order valence-corrected chi connectivity index (χ4v) is 2.67. The summed E-state index contributed by atoms with van der Waals surface area (Å²) in [5.74, 6) is 6.31. The molecule has 0 aliphatic heterocycles. The van der Waals surface area contributed by atoms with Gasteiger partial charge in [0, 0.05) is 23.2 Å². The van der Waals surface area contributed by atoms with Crippen molar-refractivity contribution in [3.05, 3.63) is 66.6 Å². The molecule has 6 nitrogen and oxygen atoms in total. The number of imidazole rings is 1. The van der Waals surface area contributed by atoms with Crippen molar-refractivity contribution in [2.75, 3.05) is 13.2 Å². The number of amides is 1. The lowest BCUT2D eigenvalue weighted by Crippen LogP contribution is -2.23. The molecule has 2 aromatic heterocycles. The van der Waals surface area contributed by atoms with Crippen LogP contribution in [0.1, 0.15) is 10.4 Å². The molecule has 27 heavy (non-hydrogen) atoms. The Kier molecular flexibility index (Phi) is 4.66. The zero-order valence-electron chi connectivity index (χ0n) is 14.4. The maximum absolute atomic E-state index is 12.1. The molecule has 4 rings (SSSR count). The molecule has 132 valence electrons. The normalized spacial score (nSPS) is 10.4. The summed E-state index contributed by atoms with van der Waals surface area (Å²) < 4.78 is 5.61. The highest BCUT2D eigenvalue weighted by Gasteiger charge is 2.05. The Morgan fingerprint density at radius 1 is 1.07 bits per heavy atom. The number of aromatic nitrogens is 3. The van der Waals surface area contributed by atoms with E-state index in [1.807, 2.05) is 30.3 Å². The van der Waals surface area contributed by atoms with Crippen LogP contribution in [0.4, 0.5) is 0 Å². The van der Waals surface area contributed by atoms with Crippen LogP contribution < -0.4 is 10.1 Å². The van der Waals surface area contributed by atoms with Gasteiger partial charge in [-0.05, 0) is 36.4 Å². The maximum Gasteiger partial charge on any atom is 0.252 e. The molecular formula is C21H16N4O2. The van der Waals surface area contributed by atoms with Gasteiger partial charge in [-0.1, -0.05) is 17.9 Å². The number of rotatable bonds is 4. The van der Waals surface area contributed by atoms with Crippen molar-refractivity contribution in [1.29, 1.82) is 0 Å². The van der Waals surface area contributed by atoms with Crippen LogP contribution in [0, 0.1) is 11.8 Å². The summed E-state index contributed by atoms with van der Waals surface area (Å²) in [6, 6.07) is 14.9. The Morgan fingerprint density at radius 2 is 2.04 bits per heavy atom. The number of nitrogens with zero attached hydrogens (tertiary/aromatic N) is 2. The van der Waals surface area contributed by atoms with Gasteiger partial charge in [0.1, 0.15) is 12.4 Å². The molecule has 0 aliphatic carbocycles. The monoisotopic (exact) mass is 356 g/mol. The van der Waals surface area contributed by atoms with Crippen LogP contribution in [0.15, 0.2) is 61.1 Å². The summed E-state index contributed by atoms with van der Waals surface area (Å²) >= 11 is 0. The van der Waals surface area contributed by atoms with Crippen LogP contribution in [-0.2, 0) is 0 Å². The molecule has 4 aromatic rings. The number of hydrogen-bond donors (Lipinski definition) is 2. The Labute approximate surface area is 155 Å². The molecule has 0 saturated carbocycles. The lowest BCUT2D eigenvalue weighted by molar-refractivity contribution is 0.0959. The van der Waals surface area contributed by atoms with Crippen LogP contribution >= 0.6 is 0 Å². The van der Waals surface area contributed by atoms with Crippen molar-refractivity contribution >= 4 is 27.8 Å². The topological polar surface area (TPSA) is 79.9 Å². The summed E-state index contributed by atoms with van der Waals surface area (Å²) in [5, 5.41) is 3.83. The van der Waals surface area contributed by atoms with Crippen molar-refractivity contribution in [2.24, 2.45) is 0 Å². The van der Waals surface area contributed by atoms with Crippen LogP contribution in [0.3, 0.4) is 0 Å². The van der Waals surface area contributed by atoms with E-state index in [4.69, 9.17) is 4.74 Å². The number of benzene rings is 2. The van der Waals surface area contributed by atoms with E-state index >= 15 is 0 Å². The molecule has 0 atom stereocenters. The van der Waals surface area contributed by atoms with Gasteiger partial charge in [-0.25, -0.2) is 4.98 Å². The summed E-state index contributed by atoms with van der Waals surface area (Å²) in [5.41, 5.74) is 3.09. The van der Waals surface area contributed by atoms with Crippen molar-refractivity contribution in [2.45, 2.75) is 0 Å². The first-order chi connectivity index (χ1) is 13.3. The first-order valence-electron chi connectivity index (χ1n) is 8.44. The lowest BCUT2D eigenvalue weighted by Gasteiger charge is -2.03. The highest BCUT2D eigenvalue weighted by atomic mass is 16.5. The van der Waals surface area contributed by atoms with Crippen LogP contribution in [0.2, 0.25) is 0 Å². The van der Waals surface area contributed by atoms with Crippen LogP contribution in [-0.4, -0.2) is 34.0 Å². The largest absolute Gasteiger partial charge is 0.481 e. The van der Waals surface area contributed by atoms with Crippen molar-refractivity contribution < 1.29 is 9.53 Å². The highest BCUT2D eigenvalue weighted by molar-refractivity contribution is 5.97. The van der Waals surface area contributed by atoms with Gasteiger partial charge in [-0.2, -0.15) is 0 Å². The Hall–Kier alpha value is -3.85. The zero-order valence-corrected chi connectivity index (χ0v) is 14.4. The van der Waals surface area contributed by atoms with Crippen LogP contribution in [0.5, 0.6) is 5.75 Å². The molecule has 0 fully saturated rings. The molecule has 0 bridgehead atoms. The Morgan fingerprint density at radius 3 is 3.00 bits per heavy atom. The van der Waals surface area contributed by atoms with Gasteiger partial charge in [-0.15, -0.1) is 0 Å². The average molecular weight is 356 g/mol. The first-order valence-corrected chi connectivity index (χ1v) is 8.44. The standard InChI is InChI=1S/C21H16N4O2/c26-21(16-6-8-18-20(12-16)25-14-24-18)23-9-1-2-11-27-17-7-5-15-4-3-10-22-19(15)13-17/h3-8,10,12-14H,9,11H2,(H,23,26)(H,24,25). The maximum atomic E-state index is 12.1. The predicted octanol–water partition coefficient (Wildman–Crippen LogP) is 2.92. The second-order valence-electron chi connectivity index (χ2n) is 5.82. The van der Waals surface area contributed by atoms with Crippen molar-refractivity contribution in [1.82, 2.24) is 20.3 Å². The van der Waals surface area contributed by atoms with Crippen molar-refractivity contribution in [3.8, 4) is 17.6 Å². The third kappa shape index (κ3) is 3.88. The molecule has 2 aromatic carbocycles. The molecule has 0 aliphatic rings. The molecule has 0 radical (unpaired) electrons. The van der Waals surface area contributed by atoms with E-state index in [1.54, 1.807) is 30.7 Å². The molecule has 1 amide bonds. The lowest BCUT2D eigenvalue weighted by atomic mass is 10.2. The van der Waals surface area contributed by atoms with Gasteiger partial charge >= 0.3 is 0 Å². The molecule has 2 heterocycles. The number of ether oxygens (including phenoxy) is 1. The Bertz CT molecular complexity index is 1170. The third-order valence-corrected chi connectivity index (χ3v) is 4.03. The molecule has 6 heteroatoms. The highest BCUT2D eigenvalue weighted by Crippen LogP contribution is 2.18. The summed E-state index contributed by atoms with van der Waals surface area (Å²) in [4.78, 5) is 23.5. The fraction of sp³-hybridized carbons (Fsp3) is 0.0952. The number of aromatic amines is 1. The first kappa shape index (κ1) is 16.6. The molecular weight excluding hydrogens is 340 g/mol. The molecule has 0 saturated heterocycles. The van der Waals surface area contributed by atoms with Gasteiger partial charge in [0.15, 0.2) is 0 Å².